The Morgan fingerprint density at radius 2 is 2.11 bits per heavy atom. The van der Waals surface area contributed by atoms with Gasteiger partial charge in [-0.2, -0.15) is 0 Å². The van der Waals surface area contributed by atoms with Gasteiger partial charge in [0.15, 0.2) is 0 Å². The Morgan fingerprint density at radius 3 is 2.56 bits per heavy atom. The van der Waals surface area contributed by atoms with Gasteiger partial charge in [-0.05, 0) is 25.3 Å². The summed E-state index contributed by atoms with van der Waals surface area (Å²) < 4.78 is 0. The van der Waals surface area contributed by atoms with E-state index in [1.165, 1.54) is 6.42 Å². The first-order valence-corrected chi connectivity index (χ1v) is 3.56. The van der Waals surface area contributed by atoms with Gasteiger partial charge in [-0.25, -0.2) is 5.11 Å². The molecule has 0 saturated carbocycles. The molecule has 0 heterocycles. The molecule has 9 heavy (non-hydrogen) atoms. The molecule has 0 fully saturated rings. The van der Waals surface area contributed by atoms with Crippen LogP contribution in [0, 0.1) is 5.92 Å². The summed E-state index contributed by atoms with van der Waals surface area (Å²) in [5, 5.41) is 12.6. The van der Waals surface area contributed by atoms with Crippen LogP contribution in [0.4, 0.5) is 0 Å². The highest BCUT2D eigenvalue weighted by molar-refractivity contribution is 4.47. The van der Waals surface area contributed by atoms with Crippen LogP contribution in [-0.2, 0) is 5.11 Å². The smallest absolute Gasteiger partial charge is 0.133 e. The molecule has 0 spiro atoms. The van der Waals surface area contributed by atoms with Crippen molar-refractivity contribution < 1.29 is 5.11 Å². The van der Waals surface area contributed by atoms with E-state index < -0.39 is 0 Å². The van der Waals surface area contributed by atoms with Gasteiger partial charge in [-0.15, -0.1) is 0 Å². The lowest BCUT2D eigenvalue weighted by atomic mass is 10.1. The highest BCUT2D eigenvalue weighted by Gasteiger charge is 1.91. The first-order chi connectivity index (χ1) is 4.27. The van der Waals surface area contributed by atoms with Crippen LogP contribution >= 0.6 is 0 Å². The molecular formula is C7H16NO. The first kappa shape index (κ1) is 8.92. The van der Waals surface area contributed by atoms with Crippen LogP contribution < -0.4 is 5.32 Å². The molecule has 1 radical (unpaired) electrons. The fourth-order valence-electron chi connectivity index (χ4n) is 0.707. The lowest BCUT2D eigenvalue weighted by molar-refractivity contribution is 0.167. The average molecular weight is 130 g/mol. The Balaban J connectivity index is 2.75. The molecule has 1 N–H and O–H groups in total. The van der Waals surface area contributed by atoms with Crippen molar-refractivity contribution in [1.29, 1.82) is 0 Å². The molecule has 0 aliphatic heterocycles. The maximum Gasteiger partial charge on any atom is 0.133 e. The largest absolute Gasteiger partial charge is 0.292 e. The first-order valence-electron chi connectivity index (χ1n) is 3.56. The van der Waals surface area contributed by atoms with Gasteiger partial charge in [0, 0.05) is 0 Å². The van der Waals surface area contributed by atoms with E-state index in [0.717, 1.165) is 18.9 Å². The Morgan fingerprint density at radius 1 is 1.44 bits per heavy atom. The van der Waals surface area contributed by atoms with E-state index >= 15 is 0 Å². The van der Waals surface area contributed by atoms with E-state index in [2.05, 4.69) is 19.2 Å². The van der Waals surface area contributed by atoms with Crippen molar-refractivity contribution in [3.05, 3.63) is 0 Å². The zero-order valence-electron chi connectivity index (χ0n) is 6.31. The minimum Gasteiger partial charge on any atom is -0.292 e. The second kappa shape index (κ2) is 6.05. The van der Waals surface area contributed by atoms with Crippen LogP contribution in [0.25, 0.3) is 0 Å². The van der Waals surface area contributed by atoms with E-state index in [4.69, 9.17) is 0 Å². The van der Waals surface area contributed by atoms with E-state index in [9.17, 15) is 5.11 Å². The number of rotatable bonds is 5. The molecule has 0 aromatic heterocycles. The third-order valence-electron chi connectivity index (χ3n) is 1.24. The van der Waals surface area contributed by atoms with Gasteiger partial charge < -0.3 is 0 Å². The normalized spacial score (nSPS) is 10.7. The molecule has 0 rings (SSSR count). The predicted molar refractivity (Wildman–Crippen MR) is 37.6 cm³/mol. The molecule has 2 nitrogen and oxygen atoms in total. The van der Waals surface area contributed by atoms with Crippen LogP contribution in [-0.4, -0.2) is 13.3 Å². The van der Waals surface area contributed by atoms with Crippen molar-refractivity contribution in [2.24, 2.45) is 5.92 Å². The van der Waals surface area contributed by atoms with E-state index in [-0.39, 0.29) is 6.73 Å². The SMILES string of the molecule is CC(C)CCCNC[O]. The lowest BCUT2D eigenvalue weighted by Gasteiger charge is -2.02. The molecular weight excluding hydrogens is 114 g/mol. The molecule has 0 aliphatic carbocycles. The zero-order chi connectivity index (χ0) is 7.11. The maximum absolute atomic E-state index is 9.86. The van der Waals surface area contributed by atoms with Crippen LogP contribution in [0.15, 0.2) is 0 Å². The van der Waals surface area contributed by atoms with Crippen molar-refractivity contribution in [2.75, 3.05) is 13.3 Å². The molecule has 2 heteroatoms. The number of hydrogen-bond donors (Lipinski definition) is 1. The number of hydrogen-bond acceptors (Lipinski definition) is 1. The van der Waals surface area contributed by atoms with E-state index in [1.54, 1.807) is 0 Å². The molecule has 0 unspecified atom stereocenters. The molecule has 0 saturated heterocycles. The van der Waals surface area contributed by atoms with Gasteiger partial charge in [0.25, 0.3) is 0 Å². The summed E-state index contributed by atoms with van der Waals surface area (Å²) >= 11 is 0. The third-order valence-corrected chi connectivity index (χ3v) is 1.24. The second-order valence-corrected chi connectivity index (χ2v) is 2.68. The summed E-state index contributed by atoms with van der Waals surface area (Å²) in [6, 6.07) is 0. The van der Waals surface area contributed by atoms with Crippen molar-refractivity contribution in [1.82, 2.24) is 5.32 Å². The lowest BCUT2D eigenvalue weighted by Crippen LogP contribution is -2.15. The summed E-state index contributed by atoms with van der Waals surface area (Å²) in [7, 11) is 0. The zero-order valence-corrected chi connectivity index (χ0v) is 6.31. The van der Waals surface area contributed by atoms with Crippen molar-refractivity contribution >= 4 is 0 Å². The van der Waals surface area contributed by atoms with Gasteiger partial charge in [0.05, 0.1) is 0 Å². The maximum atomic E-state index is 9.86. The minimum absolute atomic E-state index is 0.141. The molecule has 0 atom stereocenters. The van der Waals surface area contributed by atoms with Crippen LogP contribution in [0.1, 0.15) is 26.7 Å². The van der Waals surface area contributed by atoms with Crippen molar-refractivity contribution in [3.63, 3.8) is 0 Å². The standard InChI is InChI=1S/C7H16NO/c1-7(2)4-3-5-8-6-9/h7-8H,3-6H2,1-2H3. The Hall–Kier alpha value is -0.0800. The summed E-state index contributed by atoms with van der Waals surface area (Å²) in [5.41, 5.74) is 0. The summed E-state index contributed by atoms with van der Waals surface area (Å²) in [6.45, 7) is 5.12. The Bertz CT molecular complexity index is 54.9. The summed E-state index contributed by atoms with van der Waals surface area (Å²) in [4.78, 5) is 0. The molecule has 0 amide bonds. The second-order valence-electron chi connectivity index (χ2n) is 2.68. The molecule has 0 aliphatic rings. The summed E-state index contributed by atoms with van der Waals surface area (Å²) in [5.74, 6) is 0.762. The van der Waals surface area contributed by atoms with Gasteiger partial charge in [0.1, 0.15) is 6.73 Å². The highest BCUT2D eigenvalue weighted by Crippen LogP contribution is 2.01. The molecule has 0 aromatic carbocycles. The van der Waals surface area contributed by atoms with Gasteiger partial charge in [0.2, 0.25) is 0 Å². The van der Waals surface area contributed by atoms with Gasteiger partial charge in [-0.1, -0.05) is 13.8 Å². The summed E-state index contributed by atoms with van der Waals surface area (Å²) in [6.07, 6.45) is 2.34. The highest BCUT2D eigenvalue weighted by atomic mass is 16.3. The molecule has 0 bridgehead atoms. The monoisotopic (exact) mass is 130 g/mol. The fourth-order valence-corrected chi connectivity index (χ4v) is 0.707. The van der Waals surface area contributed by atoms with Crippen LogP contribution in [0.2, 0.25) is 0 Å². The Kier molecular flexibility index (Phi) is 5.99. The van der Waals surface area contributed by atoms with Crippen LogP contribution in [0.5, 0.6) is 0 Å². The predicted octanol–water partition coefficient (Wildman–Crippen LogP) is 1.40. The van der Waals surface area contributed by atoms with Gasteiger partial charge in [-0.3, -0.25) is 5.32 Å². The van der Waals surface area contributed by atoms with Crippen molar-refractivity contribution in [2.45, 2.75) is 26.7 Å². The van der Waals surface area contributed by atoms with Crippen molar-refractivity contribution in [3.8, 4) is 0 Å². The molecule has 55 valence electrons. The fraction of sp³-hybridized carbons (Fsp3) is 1.00. The molecule has 0 aromatic rings. The number of nitrogens with one attached hydrogen (secondary N) is 1. The minimum atomic E-state index is -0.141. The van der Waals surface area contributed by atoms with Crippen LogP contribution in [0.3, 0.4) is 0 Å². The third kappa shape index (κ3) is 7.92. The van der Waals surface area contributed by atoms with Gasteiger partial charge >= 0.3 is 0 Å². The van der Waals surface area contributed by atoms with E-state index in [1.807, 2.05) is 0 Å². The quantitative estimate of drug-likeness (QED) is 0.442. The van der Waals surface area contributed by atoms with E-state index in [0.29, 0.717) is 0 Å². The Labute approximate surface area is 57.3 Å². The average Bonchev–Trinajstić information content (AvgIpc) is 1.80. The topological polar surface area (TPSA) is 31.9 Å².